The molecule has 1 aliphatic heterocycles. The van der Waals surface area contributed by atoms with Crippen molar-refractivity contribution >= 4 is 39.1 Å². The van der Waals surface area contributed by atoms with E-state index >= 15 is 0 Å². The second kappa shape index (κ2) is 8.39. The third-order valence-electron chi connectivity index (χ3n) is 4.37. The molecule has 2 aromatic heterocycles. The molecular weight excluding hydrogens is 370 g/mol. The van der Waals surface area contributed by atoms with E-state index in [9.17, 15) is 10.2 Å². The topological polar surface area (TPSA) is 78.7 Å². The van der Waals surface area contributed by atoms with Gasteiger partial charge in [0.15, 0.2) is 5.16 Å². The predicted octanol–water partition coefficient (Wildman–Crippen LogP) is 2.84. The maximum Gasteiger partial charge on any atom is 0.190 e. The van der Waals surface area contributed by atoms with Crippen LogP contribution in [0.5, 0.6) is 0 Å². The lowest BCUT2D eigenvalue weighted by Crippen LogP contribution is -2.32. The van der Waals surface area contributed by atoms with Gasteiger partial charge in [-0.1, -0.05) is 18.7 Å². The summed E-state index contributed by atoms with van der Waals surface area (Å²) in [7, 11) is 0. The van der Waals surface area contributed by atoms with Crippen LogP contribution in [0.3, 0.4) is 0 Å². The van der Waals surface area contributed by atoms with E-state index in [0.717, 1.165) is 39.8 Å². The molecule has 0 saturated carbocycles. The Morgan fingerprint density at radius 1 is 1.23 bits per heavy atom. The quantitative estimate of drug-likeness (QED) is 0.524. The monoisotopic (exact) mass is 397 g/mol. The molecule has 0 spiro atoms. The molecule has 0 aromatic carbocycles. The van der Waals surface area contributed by atoms with Crippen molar-refractivity contribution in [2.75, 3.05) is 37.0 Å². The Bertz CT molecular complexity index is 758. The summed E-state index contributed by atoms with van der Waals surface area (Å²) < 4.78 is 5.98. The summed E-state index contributed by atoms with van der Waals surface area (Å²) in [6, 6.07) is 0. The Labute approximate surface area is 162 Å². The first-order valence-corrected chi connectivity index (χ1v) is 10.8. The van der Waals surface area contributed by atoms with Crippen LogP contribution in [0.1, 0.15) is 37.6 Å². The normalized spacial score (nSPS) is 16.0. The van der Waals surface area contributed by atoms with E-state index in [4.69, 9.17) is 14.7 Å². The average molecular weight is 398 g/mol. The second-order valence-corrected chi connectivity index (χ2v) is 9.17. The Morgan fingerprint density at radius 2 is 1.96 bits per heavy atom. The molecule has 2 N–H and O–H groups in total. The van der Waals surface area contributed by atoms with Gasteiger partial charge in [0.2, 0.25) is 0 Å². The van der Waals surface area contributed by atoms with Crippen LogP contribution in [0.4, 0.5) is 5.82 Å². The number of thioether (sulfide) groups is 1. The van der Waals surface area contributed by atoms with Crippen molar-refractivity contribution < 1.29 is 14.9 Å². The Morgan fingerprint density at radius 3 is 2.62 bits per heavy atom. The molecule has 1 aliphatic rings. The van der Waals surface area contributed by atoms with Crippen molar-refractivity contribution in [3.05, 3.63) is 10.4 Å². The van der Waals surface area contributed by atoms with Gasteiger partial charge < -0.3 is 19.8 Å². The molecule has 0 amide bonds. The number of nitrogens with zero attached hydrogens (tertiary/aromatic N) is 3. The minimum Gasteiger partial charge on any atom is -0.395 e. The lowest BCUT2D eigenvalue weighted by atomic mass is 9.94. The van der Waals surface area contributed by atoms with Gasteiger partial charge >= 0.3 is 0 Å². The molecule has 3 heterocycles. The van der Waals surface area contributed by atoms with Crippen LogP contribution >= 0.6 is 23.1 Å². The number of ether oxygens (including phenoxy) is 1. The van der Waals surface area contributed by atoms with Crippen molar-refractivity contribution in [3.63, 3.8) is 0 Å². The van der Waals surface area contributed by atoms with Gasteiger partial charge in [-0.3, -0.25) is 0 Å². The third kappa shape index (κ3) is 4.14. The zero-order chi connectivity index (χ0) is 18.7. The summed E-state index contributed by atoms with van der Waals surface area (Å²) >= 11 is 3.32. The number of rotatable bonds is 8. The maximum absolute atomic E-state index is 9.49. The number of aliphatic hydroxyl groups is 2. The molecule has 0 radical (unpaired) electrons. The zero-order valence-corrected chi connectivity index (χ0v) is 17.3. The van der Waals surface area contributed by atoms with Crippen LogP contribution in [0.25, 0.3) is 10.2 Å². The number of fused-ring (bicyclic) bond motifs is 3. The van der Waals surface area contributed by atoms with Gasteiger partial charge in [-0.15, -0.1) is 11.3 Å². The molecule has 0 fully saturated rings. The minimum absolute atomic E-state index is 0.0177. The molecule has 0 aliphatic carbocycles. The smallest absolute Gasteiger partial charge is 0.190 e. The van der Waals surface area contributed by atoms with Crippen LogP contribution in [0.2, 0.25) is 0 Å². The molecule has 0 bridgehead atoms. The van der Waals surface area contributed by atoms with Gasteiger partial charge in [0.1, 0.15) is 10.6 Å². The van der Waals surface area contributed by atoms with E-state index in [-0.39, 0.29) is 18.8 Å². The summed E-state index contributed by atoms with van der Waals surface area (Å²) in [4.78, 5) is 13.8. The summed E-state index contributed by atoms with van der Waals surface area (Å²) in [5.41, 5.74) is 1.04. The number of anilines is 1. The summed E-state index contributed by atoms with van der Waals surface area (Å²) in [5, 5.41) is 20.8. The van der Waals surface area contributed by atoms with Gasteiger partial charge in [-0.05, 0) is 25.8 Å². The molecule has 26 heavy (non-hydrogen) atoms. The molecule has 0 unspecified atom stereocenters. The zero-order valence-electron chi connectivity index (χ0n) is 15.6. The Kier molecular flexibility index (Phi) is 6.40. The van der Waals surface area contributed by atoms with E-state index in [0.29, 0.717) is 19.7 Å². The molecule has 0 saturated heterocycles. The number of aromatic nitrogens is 2. The highest BCUT2D eigenvalue weighted by molar-refractivity contribution is 7.99. The van der Waals surface area contributed by atoms with Gasteiger partial charge in [-0.25, -0.2) is 9.97 Å². The first-order valence-electron chi connectivity index (χ1n) is 9.04. The van der Waals surface area contributed by atoms with E-state index < -0.39 is 0 Å². The van der Waals surface area contributed by atoms with E-state index in [2.05, 4.69) is 20.8 Å². The first-order chi connectivity index (χ1) is 12.5. The van der Waals surface area contributed by atoms with Gasteiger partial charge in [0, 0.05) is 30.1 Å². The maximum atomic E-state index is 9.49. The van der Waals surface area contributed by atoms with Crippen molar-refractivity contribution in [2.45, 2.75) is 51.0 Å². The lowest BCUT2D eigenvalue weighted by molar-refractivity contribution is -0.0379. The highest BCUT2D eigenvalue weighted by Crippen LogP contribution is 2.42. The number of hydrogen-bond donors (Lipinski definition) is 2. The molecule has 3 rings (SSSR count). The van der Waals surface area contributed by atoms with Crippen LogP contribution in [0.15, 0.2) is 5.16 Å². The highest BCUT2D eigenvalue weighted by Gasteiger charge is 2.31. The van der Waals surface area contributed by atoms with Crippen molar-refractivity contribution in [1.29, 1.82) is 0 Å². The molecule has 144 valence electrons. The van der Waals surface area contributed by atoms with Gasteiger partial charge in [0.05, 0.1) is 30.8 Å². The fraction of sp³-hybridized carbons (Fsp3) is 0.667. The number of thiophene rings is 1. The van der Waals surface area contributed by atoms with Gasteiger partial charge in [-0.2, -0.15) is 0 Å². The van der Waals surface area contributed by atoms with E-state index in [1.54, 1.807) is 23.1 Å². The highest BCUT2D eigenvalue weighted by atomic mass is 32.2. The van der Waals surface area contributed by atoms with Crippen LogP contribution in [-0.4, -0.2) is 57.8 Å². The molecule has 6 nitrogen and oxygen atoms in total. The van der Waals surface area contributed by atoms with Crippen LogP contribution in [0, 0.1) is 0 Å². The largest absolute Gasteiger partial charge is 0.395 e. The molecule has 2 aromatic rings. The van der Waals surface area contributed by atoms with Crippen LogP contribution in [-0.2, 0) is 17.8 Å². The van der Waals surface area contributed by atoms with Gasteiger partial charge in [0.25, 0.3) is 0 Å². The Hall–Kier alpha value is -0.930. The Balaban J connectivity index is 2.15. The van der Waals surface area contributed by atoms with E-state index in [1.165, 1.54) is 10.4 Å². The van der Waals surface area contributed by atoms with E-state index in [1.807, 2.05) is 4.90 Å². The molecule has 8 heteroatoms. The predicted molar refractivity (Wildman–Crippen MR) is 107 cm³/mol. The lowest BCUT2D eigenvalue weighted by Gasteiger charge is -2.31. The number of hydrogen-bond acceptors (Lipinski definition) is 8. The van der Waals surface area contributed by atoms with Crippen molar-refractivity contribution in [2.24, 2.45) is 0 Å². The second-order valence-electron chi connectivity index (χ2n) is 7.02. The first kappa shape index (κ1) is 19.8. The molecular formula is C18H27N3O3S2. The van der Waals surface area contributed by atoms with Crippen molar-refractivity contribution in [1.82, 2.24) is 9.97 Å². The van der Waals surface area contributed by atoms with Crippen molar-refractivity contribution in [3.8, 4) is 0 Å². The summed E-state index contributed by atoms with van der Waals surface area (Å²) in [6.07, 6.45) is 1.87. The molecule has 0 atom stereocenters. The fourth-order valence-corrected chi connectivity index (χ4v) is 5.01. The minimum atomic E-state index is -0.216. The fourth-order valence-electron chi connectivity index (χ4n) is 3.16. The summed E-state index contributed by atoms with van der Waals surface area (Å²) in [6.45, 7) is 7.85. The third-order valence-corrected chi connectivity index (χ3v) is 6.52. The van der Waals surface area contributed by atoms with Crippen LogP contribution < -0.4 is 4.90 Å². The summed E-state index contributed by atoms with van der Waals surface area (Å²) in [5.74, 6) is 1.79. The average Bonchev–Trinajstić information content (AvgIpc) is 2.95. The standard InChI is InChI=1S/C18H27N3O3S2/c1-4-9-25-17-19-15(21(5-7-22)6-8-23)14-12-10-18(2,3)24-11-13(12)26-16(14)20-17/h22-23H,4-11H2,1-3H3. The SMILES string of the molecule is CCCSc1nc(N(CCO)CCO)c2c3c(sc2n1)COC(C)(C)C3. The number of aliphatic hydroxyl groups excluding tert-OH is 2.